The van der Waals surface area contributed by atoms with Gasteiger partial charge in [-0.2, -0.15) is 0 Å². The Balaban J connectivity index is 1.26. The second-order valence-electron chi connectivity index (χ2n) is 9.21. The van der Waals surface area contributed by atoms with Gasteiger partial charge < -0.3 is 20.9 Å². The van der Waals surface area contributed by atoms with Crippen LogP contribution in [0.4, 0.5) is 17.2 Å². The number of nitrogens with zero attached hydrogens (tertiary/aromatic N) is 2. The van der Waals surface area contributed by atoms with Crippen LogP contribution in [0.25, 0.3) is 22.4 Å². The maximum Gasteiger partial charge on any atom is 0.256 e. The monoisotopic (exact) mass is 482 g/mol. The molecule has 8 heteroatoms. The minimum absolute atomic E-state index is 0.109. The molecular formula is C28H30N6O2. The number of benzene rings is 2. The van der Waals surface area contributed by atoms with Gasteiger partial charge >= 0.3 is 0 Å². The summed E-state index contributed by atoms with van der Waals surface area (Å²) in [7, 11) is 1.83. The first-order chi connectivity index (χ1) is 17.6. The Labute approximate surface area is 209 Å². The molecule has 2 aromatic heterocycles. The number of nitrogens with one attached hydrogen (secondary N) is 4. The van der Waals surface area contributed by atoms with Crippen LogP contribution in [-0.4, -0.2) is 33.8 Å². The van der Waals surface area contributed by atoms with Crippen LogP contribution >= 0.6 is 0 Å². The number of aromatic nitrogens is 3. The van der Waals surface area contributed by atoms with Crippen LogP contribution in [0.2, 0.25) is 0 Å². The molecule has 0 bridgehead atoms. The second-order valence-corrected chi connectivity index (χ2v) is 9.21. The summed E-state index contributed by atoms with van der Waals surface area (Å²) >= 11 is 0. The summed E-state index contributed by atoms with van der Waals surface area (Å²) in [5, 5.41) is 8.93. The van der Waals surface area contributed by atoms with Crippen molar-refractivity contribution in [1.82, 2.24) is 15.0 Å². The first-order valence-corrected chi connectivity index (χ1v) is 12.5. The van der Waals surface area contributed by atoms with E-state index in [1.54, 1.807) is 24.4 Å². The maximum absolute atomic E-state index is 12.7. The summed E-state index contributed by atoms with van der Waals surface area (Å²) < 4.78 is 0. The lowest BCUT2D eigenvalue weighted by molar-refractivity contribution is -0.120. The van der Waals surface area contributed by atoms with Crippen molar-refractivity contribution in [2.45, 2.75) is 38.5 Å². The van der Waals surface area contributed by atoms with Crippen LogP contribution in [0, 0.1) is 5.92 Å². The Morgan fingerprint density at radius 2 is 1.58 bits per heavy atom. The van der Waals surface area contributed by atoms with Crippen molar-refractivity contribution < 1.29 is 9.59 Å². The molecule has 4 N–H and O–H groups in total. The van der Waals surface area contributed by atoms with E-state index in [1.807, 2.05) is 43.4 Å². The molecule has 2 heterocycles. The molecule has 1 fully saturated rings. The van der Waals surface area contributed by atoms with Crippen molar-refractivity contribution in [3.05, 3.63) is 66.4 Å². The van der Waals surface area contributed by atoms with Gasteiger partial charge in [-0.1, -0.05) is 25.7 Å². The first-order valence-electron chi connectivity index (χ1n) is 12.5. The number of carbonyl (C=O) groups excluding carboxylic acids is 2. The van der Waals surface area contributed by atoms with Crippen molar-refractivity contribution in [3.63, 3.8) is 0 Å². The summed E-state index contributed by atoms with van der Waals surface area (Å²) in [6, 6.07) is 16.6. The molecule has 0 atom stereocenters. The van der Waals surface area contributed by atoms with E-state index in [9.17, 15) is 9.59 Å². The number of amides is 2. The van der Waals surface area contributed by atoms with Crippen molar-refractivity contribution in [2.75, 3.05) is 23.0 Å². The smallest absolute Gasteiger partial charge is 0.256 e. The molecule has 1 aliphatic carbocycles. The highest BCUT2D eigenvalue weighted by molar-refractivity contribution is 6.04. The first kappa shape index (κ1) is 23.5. The average Bonchev–Trinajstić information content (AvgIpc) is 3.13. The Morgan fingerprint density at radius 3 is 2.28 bits per heavy atom. The van der Waals surface area contributed by atoms with Gasteiger partial charge in [-0.05, 0) is 61.4 Å². The van der Waals surface area contributed by atoms with Gasteiger partial charge in [0.05, 0.1) is 17.2 Å². The minimum atomic E-state index is -0.234. The predicted octanol–water partition coefficient (Wildman–Crippen LogP) is 5.83. The van der Waals surface area contributed by atoms with E-state index in [2.05, 4.69) is 30.9 Å². The largest absolute Gasteiger partial charge is 0.388 e. The van der Waals surface area contributed by atoms with Crippen LogP contribution in [0.3, 0.4) is 0 Å². The SMILES string of the molecule is CNc1ccc(C(=O)Nc2cc3nc(-c4ccc(NC(=O)C5CCCCCC5)cc4)[nH]c3cn2)cc1. The van der Waals surface area contributed by atoms with Gasteiger partial charge in [-0.15, -0.1) is 0 Å². The summed E-state index contributed by atoms with van der Waals surface area (Å²) in [6.07, 6.45) is 8.32. The van der Waals surface area contributed by atoms with Crippen LogP contribution < -0.4 is 16.0 Å². The van der Waals surface area contributed by atoms with Gasteiger partial charge in [0, 0.05) is 41.5 Å². The molecule has 1 aliphatic rings. The number of imidazole rings is 1. The molecule has 0 aliphatic heterocycles. The fourth-order valence-electron chi connectivity index (χ4n) is 4.59. The summed E-state index contributed by atoms with van der Waals surface area (Å²) in [4.78, 5) is 37.5. The van der Waals surface area contributed by atoms with Crippen molar-refractivity contribution in [2.24, 2.45) is 5.92 Å². The number of H-pyrrole nitrogens is 1. The van der Waals surface area contributed by atoms with E-state index >= 15 is 0 Å². The Kier molecular flexibility index (Phi) is 6.93. The third-order valence-electron chi connectivity index (χ3n) is 6.70. The zero-order chi connectivity index (χ0) is 24.9. The molecule has 0 unspecified atom stereocenters. The molecule has 2 aromatic carbocycles. The van der Waals surface area contributed by atoms with Crippen molar-refractivity contribution in [1.29, 1.82) is 0 Å². The zero-order valence-electron chi connectivity index (χ0n) is 20.3. The average molecular weight is 483 g/mol. The Bertz CT molecular complexity index is 1350. The standard InChI is InChI=1S/C28H30N6O2/c1-29-21-12-10-20(11-13-21)28(36)34-25-16-23-24(17-30-25)33-26(32-23)18-8-14-22(15-9-18)31-27(35)19-6-4-2-3-5-7-19/h8-17,19,29H,2-7H2,1H3,(H,31,35)(H,32,33)(H,30,34,36). The predicted molar refractivity (Wildman–Crippen MR) is 143 cm³/mol. The number of rotatable bonds is 6. The Hall–Kier alpha value is -4.20. The quantitative estimate of drug-likeness (QED) is 0.258. The molecule has 4 aromatic rings. The lowest BCUT2D eigenvalue weighted by Gasteiger charge is -2.14. The van der Waals surface area contributed by atoms with Crippen molar-refractivity contribution in [3.8, 4) is 11.4 Å². The lowest BCUT2D eigenvalue weighted by atomic mass is 9.99. The van der Waals surface area contributed by atoms with E-state index in [-0.39, 0.29) is 17.7 Å². The van der Waals surface area contributed by atoms with Gasteiger partial charge in [0.25, 0.3) is 5.91 Å². The number of fused-ring (bicyclic) bond motifs is 1. The molecular weight excluding hydrogens is 452 g/mol. The molecule has 184 valence electrons. The van der Waals surface area contributed by atoms with Gasteiger partial charge in [-0.25, -0.2) is 9.97 Å². The number of carbonyl (C=O) groups is 2. The highest BCUT2D eigenvalue weighted by Crippen LogP contribution is 2.26. The number of pyridine rings is 1. The van der Waals surface area contributed by atoms with Gasteiger partial charge in [0.1, 0.15) is 11.6 Å². The van der Waals surface area contributed by atoms with E-state index < -0.39 is 0 Å². The molecule has 0 saturated heterocycles. The van der Waals surface area contributed by atoms with Gasteiger partial charge in [-0.3, -0.25) is 9.59 Å². The number of hydrogen-bond donors (Lipinski definition) is 4. The topological polar surface area (TPSA) is 112 Å². The number of aromatic amines is 1. The molecule has 36 heavy (non-hydrogen) atoms. The van der Waals surface area contributed by atoms with E-state index in [4.69, 9.17) is 0 Å². The molecule has 5 rings (SSSR count). The zero-order valence-corrected chi connectivity index (χ0v) is 20.3. The third kappa shape index (κ3) is 5.38. The van der Waals surface area contributed by atoms with Gasteiger partial charge in [0.2, 0.25) is 5.91 Å². The normalized spacial score (nSPS) is 14.2. The summed E-state index contributed by atoms with van der Waals surface area (Å²) in [5.41, 5.74) is 4.64. The summed E-state index contributed by atoms with van der Waals surface area (Å²) in [5.74, 6) is 1.12. The Morgan fingerprint density at radius 1 is 0.889 bits per heavy atom. The van der Waals surface area contributed by atoms with Crippen LogP contribution in [0.5, 0.6) is 0 Å². The second kappa shape index (κ2) is 10.6. The molecule has 1 saturated carbocycles. The van der Waals surface area contributed by atoms with E-state index in [0.29, 0.717) is 22.7 Å². The number of hydrogen-bond acceptors (Lipinski definition) is 5. The molecule has 2 amide bonds. The maximum atomic E-state index is 12.7. The minimum Gasteiger partial charge on any atom is -0.388 e. The fraction of sp³-hybridized carbons (Fsp3) is 0.286. The molecule has 0 spiro atoms. The highest BCUT2D eigenvalue weighted by atomic mass is 16.2. The molecule has 0 radical (unpaired) electrons. The van der Waals surface area contributed by atoms with Crippen LogP contribution in [0.15, 0.2) is 60.8 Å². The fourth-order valence-corrected chi connectivity index (χ4v) is 4.59. The third-order valence-corrected chi connectivity index (χ3v) is 6.70. The molecule has 8 nitrogen and oxygen atoms in total. The van der Waals surface area contributed by atoms with Crippen LogP contribution in [-0.2, 0) is 4.79 Å². The van der Waals surface area contributed by atoms with Crippen LogP contribution in [0.1, 0.15) is 48.9 Å². The van der Waals surface area contributed by atoms with E-state index in [0.717, 1.165) is 48.1 Å². The summed E-state index contributed by atoms with van der Waals surface area (Å²) in [6.45, 7) is 0. The van der Waals surface area contributed by atoms with Crippen molar-refractivity contribution >= 4 is 40.0 Å². The number of anilines is 3. The van der Waals surface area contributed by atoms with Gasteiger partial charge in [0.15, 0.2) is 0 Å². The lowest BCUT2D eigenvalue weighted by Crippen LogP contribution is -2.22. The van der Waals surface area contributed by atoms with E-state index in [1.165, 1.54) is 12.8 Å². The highest BCUT2D eigenvalue weighted by Gasteiger charge is 2.20.